The predicted octanol–water partition coefficient (Wildman–Crippen LogP) is 5.97. The van der Waals surface area contributed by atoms with Gasteiger partial charge in [0.25, 0.3) is 0 Å². The van der Waals surface area contributed by atoms with Crippen molar-refractivity contribution in [3.8, 4) is 5.75 Å². The van der Waals surface area contributed by atoms with Gasteiger partial charge in [0.15, 0.2) is 6.29 Å². The van der Waals surface area contributed by atoms with Crippen LogP contribution in [0.3, 0.4) is 0 Å². The van der Waals surface area contributed by atoms with Gasteiger partial charge in [-0.3, -0.25) is 0 Å². The minimum Gasteiger partial charge on any atom is -0.491 e. The summed E-state index contributed by atoms with van der Waals surface area (Å²) in [6.07, 6.45) is 13.8. The summed E-state index contributed by atoms with van der Waals surface area (Å²) in [5, 5.41) is 0. The second-order valence-electron chi connectivity index (χ2n) is 9.48. The molecule has 0 bridgehead atoms. The highest BCUT2D eigenvalue weighted by Gasteiger charge is 2.13. The van der Waals surface area contributed by atoms with Gasteiger partial charge in [0, 0.05) is 6.61 Å². The zero-order valence-corrected chi connectivity index (χ0v) is 23.3. The third-order valence-corrected chi connectivity index (χ3v) is 6.27. The molecule has 37 heavy (non-hydrogen) atoms. The first-order valence-electron chi connectivity index (χ1n) is 14.6. The van der Waals surface area contributed by atoms with Crippen molar-refractivity contribution in [2.75, 3.05) is 72.7 Å². The van der Waals surface area contributed by atoms with Crippen LogP contribution in [0.2, 0.25) is 0 Å². The monoisotopic (exact) mass is 524 g/mol. The van der Waals surface area contributed by atoms with Gasteiger partial charge in [-0.25, -0.2) is 0 Å². The number of ether oxygens (including phenoxy) is 7. The number of benzene rings is 1. The predicted molar refractivity (Wildman–Crippen MR) is 146 cm³/mol. The summed E-state index contributed by atoms with van der Waals surface area (Å²) in [4.78, 5) is 0. The third-order valence-electron chi connectivity index (χ3n) is 6.27. The first kappa shape index (κ1) is 32.0. The maximum Gasteiger partial charge on any atom is 0.157 e. The summed E-state index contributed by atoms with van der Waals surface area (Å²) in [5.41, 5.74) is 1.39. The van der Waals surface area contributed by atoms with Crippen molar-refractivity contribution in [3.05, 3.63) is 29.8 Å². The summed E-state index contributed by atoms with van der Waals surface area (Å²) in [6.45, 7) is 8.58. The summed E-state index contributed by atoms with van der Waals surface area (Å²) in [5.74, 6) is 0.898. The van der Waals surface area contributed by atoms with Crippen molar-refractivity contribution in [1.29, 1.82) is 0 Å². The summed E-state index contributed by atoms with van der Waals surface area (Å²) in [7, 11) is 0. The van der Waals surface area contributed by atoms with Crippen LogP contribution >= 0.6 is 0 Å². The van der Waals surface area contributed by atoms with E-state index in [1.54, 1.807) is 0 Å². The molecule has 1 saturated heterocycles. The van der Waals surface area contributed by atoms with Crippen molar-refractivity contribution in [3.63, 3.8) is 0 Å². The largest absolute Gasteiger partial charge is 0.491 e. The van der Waals surface area contributed by atoms with E-state index >= 15 is 0 Å². The maximum atomic E-state index is 5.77. The van der Waals surface area contributed by atoms with Gasteiger partial charge in [-0.2, -0.15) is 0 Å². The fourth-order valence-electron chi connectivity index (χ4n) is 4.10. The minimum absolute atomic E-state index is 0.0520. The molecule has 0 saturated carbocycles. The number of rotatable bonds is 25. The van der Waals surface area contributed by atoms with E-state index < -0.39 is 0 Å². The molecule has 0 aliphatic carbocycles. The van der Waals surface area contributed by atoms with E-state index in [0.717, 1.165) is 31.6 Å². The first-order valence-corrected chi connectivity index (χ1v) is 14.6. The molecular weight excluding hydrogens is 472 g/mol. The minimum atomic E-state index is -0.0520. The molecule has 1 unspecified atom stereocenters. The fraction of sp³-hybridized carbons (Fsp3) is 0.800. The molecule has 0 aromatic heterocycles. The van der Waals surface area contributed by atoms with E-state index in [1.165, 1.54) is 56.9 Å². The molecule has 1 aromatic rings. The van der Waals surface area contributed by atoms with Gasteiger partial charge in [0.05, 0.1) is 59.5 Å². The van der Waals surface area contributed by atoms with Crippen molar-refractivity contribution < 1.29 is 33.2 Å². The molecule has 7 nitrogen and oxygen atoms in total. The van der Waals surface area contributed by atoms with Crippen LogP contribution in [0.15, 0.2) is 24.3 Å². The van der Waals surface area contributed by atoms with Crippen molar-refractivity contribution in [2.45, 2.75) is 83.8 Å². The normalized spacial score (nSPS) is 15.8. The van der Waals surface area contributed by atoms with Crippen LogP contribution in [-0.4, -0.2) is 79.0 Å². The second-order valence-corrected chi connectivity index (χ2v) is 9.48. The number of hydrogen-bond donors (Lipinski definition) is 0. The van der Waals surface area contributed by atoms with Crippen LogP contribution in [0.1, 0.15) is 76.7 Å². The molecule has 7 heteroatoms. The molecule has 1 atom stereocenters. The van der Waals surface area contributed by atoms with Crippen LogP contribution in [0.25, 0.3) is 0 Å². The van der Waals surface area contributed by atoms with E-state index in [2.05, 4.69) is 31.2 Å². The SMILES string of the molecule is CCCCCCCCCc1ccc(OCCOCCOCCOCCOCCOC2CCCCO2)cc1. The Bertz CT molecular complexity index is 604. The molecule has 1 aromatic carbocycles. The average Bonchev–Trinajstić information content (AvgIpc) is 2.93. The Morgan fingerprint density at radius 1 is 0.649 bits per heavy atom. The van der Waals surface area contributed by atoms with E-state index in [4.69, 9.17) is 33.2 Å². The lowest BCUT2D eigenvalue weighted by Crippen LogP contribution is -2.24. The Morgan fingerprint density at radius 2 is 1.22 bits per heavy atom. The van der Waals surface area contributed by atoms with E-state index in [0.29, 0.717) is 66.1 Å². The van der Waals surface area contributed by atoms with Crippen LogP contribution in [-0.2, 0) is 34.8 Å². The standard InChI is InChI=1S/C30H52O7/c1-2-3-4-5-6-7-8-11-28-13-15-29(16-14-28)35-26-24-33-22-20-31-18-19-32-21-23-34-25-27-37-30-12-9-10-17-36-30/h13-16,30H,2-12,17-27H2,1H3. The molecule has 0 spiro atoms. The molecule has 1 fully saturated rings. The molecule has 1 heterocycles. The van der Waals surface area contributed by atoms with Gasteiger partial charge < -0.3 is 33.2 Å². The quantitative estimate of drug-likeness (QED) is 0.146. The van der Waals surface area contributed by atoms with Crippen molar-refractivity contribution in [1.82, 2.24) is 0 Å². The molecule has 2 rings (SSSR count). The smallest absolute Gasteiger partial charge is 0.157 e. The first-order chi connectivity index (χ1) is 18.4. The highest BCUT2D eigenvalue weighted by molar-refractivity contribution is 5.27. The number of hydrogen-bond acceptors (Lipinski definition) is 7. The van der Waals surface area contributed by atoms with Crippen molar-refractivity contribution >= 4 is 0 Å². The molecular formula is C30H52O7. The Morgan fingerprint density at radius 3 is 1.81 bits per heavy atom. The van der Waals surface area contributed by atoms with Crippen molar-refractivity contribution in [2.24, 2.45) is 0 Å². The molecule has 1 aliphatic rings. The van der Waals surface area contributed by atoms with Crippen LogP contribution in [0.5, 0.6) is 5.75 Å². The number of aryl methyl sites for hydroxylation is 1. The maximum absolute atomic E-state index is 5.77. The average molecular weight is 525 g/mol. The van der Waals surface area contributed by atoms with Gasteiger partial charge in [-0.15, -0.1) is 0 Å². The molecule has 0 radical (unpaired) electrons. The second kappa shape index (κ2) is 23.9. The van der Waals surface area contributed by atoms with E-state index in [-0.39, 0.29) is 6.29 Å². The Kier molecular flexibility index (Phi) is 20.6. The zero-order chi connectivity index (χ0) is 26.1. The molecule has 0 N–H and O–H groups in total. The molecule has 1 aliphatic heterocycles. The third kappa shape index (κ3) is 18.6. The Hall–Kier alpha value is -1.22. The van der Waals surface area contributed by atoms with Crippen LogP contribution < -0.4 is 4.74 Å². The summed E-state index contributed by atoms with van der Waals surface area (Å²) < 4.78 is 39.0. The van der Waals surface area contributed by atoms with Gasteiger partial charge in [0.1, 0.15) is 12.4 Å². The number of unbranched alkanes of at least 4 members (excludes halogenated alkanes) is 6. The zero-order valence-electron chi connectivity index (χ0n) is 23.3. The summed E-state index contributed by atoms with van der Waals surface area (Å²) in [6, 6.07) is 8.48. The molecule has 0 amide bonds. The highest BCUT2D eigenvalue weighted by atomic mass is 16.7. The lowest BCUT2D eigenvalue weighted by Gasteiger charge is -2.22. The lowest BCUT2D eigenvalue weighted by atomic mass is 10.0. The van der Waals surface area contributed by atoms with Gasteiger partial charge in [0.2, 0.25) is 0 Å². The Labute approximate surface area is 225 Å². The summed E-state index contributed by atoms with van der Waals surface area (Å²) >= 11 is 0. The Balaban J connectivity index is 1.28. The fourth-order valence-corrected chi connectivity index (χ4v) is 4.10. The highest BCUT2D eigenvalue weighted by Crippen LogP contribution is 2.15. The van der Waals surface area contributed by atoms with Crippen LogP contribution in [0, 0.1) is 0 Å². The topological polar surface area (TPSA) is 64.6 Å². The lowest BCUT2D eigenvalue weighted by molar-refractivity contribution is -0.169. The van der Waals surface area contributed by atoms with Gasteiger partial charge in [-0.05, 0) is 49.8 Å². The van der Waals surface area contributed by atoms with Gasteiger partial charge in [-0.1, -0.05) is 57.6 Å². The van der Waals surface area contributed by atoms with Crippen LogP contribution in [0.4, 0.5) is 0 Å². The van der Waals surface area contributed by atoms with E-state index in [9.17, 15) is 0 Å². The molecule has 214 valence electrons. The van der Waals surface area contributed by atoms with E-state index in [1.807, 2.05) is 0 Å². The van der Waals surface area contributed by atoms with Gasteiger partial charge >= 0.3 is 0 Å².